The summed E-state index contributed by atoms with van der Waals surface area (Å²) in [6.07, 6.45) is 1.30. The lowest BCUT2D eigenvalue weighted by molar-refractivity contribution is 0.102. The molecule has 0 unspecified atom stereocenters. The van der Waals surface area contributed by atoms with Crippen molar-refractivity contribution in [3.8, 4) is 5.88 Å². The number of hydrogen-bond donors (Lipinski definition) is 1. The fourth-order valence-corrected chi connectivity index (χ4v) is 1.72. The molecule has 1 N–H and O–H groups in total. The van der Waals surface area contributed by atoms with Gasteiger partial charge in [-0.05, 0) is 25.5 Å². The van der Waals surface area contributed by atoms with Crippen LogP contribution in [-0.2, 0) is 0 Å². The Morgan fingerprint density at radius 2 is 2.00 bits per heavy atom. The number of rotatable bonds is 3. The Labute approximate surface area is 111 Å². The van der Waals surface area contributed by atoms with Crippen LogP contribution in [0.2, 0.25) is 0 Å². The van der Waals surface area contributed by atoms with E-state index in [1.165, 1.54) is 19.5 Å². The van der Waals surface area contributed by atoms with E-state index in [9.17, 15) is 4.79 Å². The molecule has 98 valence electrons. The zero-order chi connectivity index (χ0) is 13.8. The summed E-state index contributed by atoms with van der Waals surface area (Å²) in [5.74, 6) is 0.0773. The highest BCUT2D eigenvalue weighted by Gasteiger charge is 2.10. The molecule has 0 aliphatic heterocycles. The van der Waals surface area contributed by atoms with Crippen LogP contribution < -0.4 is 10.1 Å². The molecule has 2 aromatic rings. The van der Waals surface area contributed by atoms with E-state index in [0.29, 0.717) is 5.88 Å². The van der Waals surface area contributed by atoms with E-state index in [1.54, 1.807) is 0 Å². The molecule has 0 atom stereocenters. The summed E-state index contributed by atoms with van der Waals surface area (Å²) in [5, 5.41) is 2.82. The first-order chi connectivity index (χ1) is 9.10. The molecule has 2 rings (SSSR count). The second-order valence-electron chi connectivity index (χ2n) is 4.22. The Morgan fingerprint density at radius 1 is 1.21 bits per heavy atom. The Morgan fingerprint density at radius 3 is 2.68 bits per heavy atom. The minimum Gasteiger partial charge on any atom is -0.481 e. The van der Waals surface area contributed by atoms with Crippen molar-refractivity contribution in [1.82, 2.24) is 9.97 Å². The van der Waals surface area contributed by atoms with Gasteiger partial charge in [-0.3, -0.25) is 4.79 Å². The monoisotopic (exact) mass is 257 g/mol. The van der Waals surface area contributed by atoms with Crippen LogP contribution in [0.3, 0.4) is 0 Å². The van der Waals surface area contributed by atoms with Crippen molar-refractivity contribution in [2.45, 2.75) is 13.8 Å². The lowest BCUT2D eigenvalue weighted by Gasteiger charge is -2.09. The quantitative estimate of drug-likeness (QED) is 0.916. The van der Waals surface area contributed by atoms with Crippen LogP contribution in [0.15, 0.2) is 30.6 Å². The molecular formula is C14H15N3O2. The number of aryl methyl sites for hydroxylation is 2. The summed E-state index contributed by atoms with van der Waals surface area (Å²) in [6.45, 7) is 3.96. The van der Waals surface area contributed by atoms with Gasteiger partial charge in [0, 0.05) is 11.8 Å². The van der Waals surface area contributed by atoms with Gasteiger partial charge in [0.05, 0.1) is 7.11 Å². The zero-order valence-electron chi connectivity index (χ0n) is 11.1. The maximum Gasteiger partial charge on any atom is 0.274 e. The number of anilines is 1. The topological polar surface area (TPSA) is 64.1 Å². The first-order valence-electron chi connectivity index (χ1n) is 5.85. The van der Waals surface area contributed by atoms with Gasteiger partial charge >= 0.3 is 0 Å². The molecule has 0 fully saturated rings. The molecule has 1 aromatic heterocycles. The molecule has 1 heterocycles. The third-order valence-electron chi connectivity index (χ3n) is 2.71. The molecule has 0 saturated heterocycles. The molecule has 5 nitrogen and oxygen atoms in total. The second-order valence-corrected chi connectivity index (χ2v) is 4.22. The highest BCUT2D eigenvalue weighted by molar-refractivity contribution is 6.03. The van der Waals surface area contributed by atoms with Gasteiger partial charge in [-0.15, -0.1) is 0 Å². The minimum absolute atomic E-state index is 0.270. The fourth-order valence-electron chi connectivity index (χ4n) is 1.72. The van der Waals surface area contributed by atoms with E-state index in [1.807, 2.05) is 32.0 Å². The minimum atomic E-state index is -0.285. The molecule has 0 radical (unpaired) electrons. The predicted octanol–water partition coefficient (Wildman–Crippen LogP) is 2.35. The number of nitrogens with zero attached hydrogens (tertiary/aromatic N) is 2. The van der Waals surface area contributed by atoms with Crippen LogP contribution in [-0.4, -0.2) is 23.0 Å². The van der Waals surface area contributed by atoms with Crippen LogP contribution in [0.25, 0.3) is 0 Å². The Balaban J connectivity index is 2.20. The number of ether oxygens (including phenoxy) is 1. The average Bonchev–Trinajstić information content (AvgIpc) is 2.42. The van der Waals surface area contributed by atoms with Gasteiger partial charge in [-0.25, -0.2) is 9.97 Å². The molecule has 19 heavy (non-hydrogen) atoms. The van der Waals surface area contributed by atoms with Crippen LogP contribution in [0.4, 0.5) is 5.69 Å². The Hall–Kier alpha value is -2.43. The van der Waals surface area contributed by atoms with Gasteiger partial charge in [0.15, 0.2) is 0 Å². The van der Waals surface area contributed by atoms with Gasteiger partial charge in [0.2, 0.25) is 5.88 Å². The molecule has 0 spiro atoms. The van der Waals surface area contributed by atoms with Crippen molar-refractivity contribution in [2.75, 3.05) is 12.4 Å². The van der Waals surface area contributed by atoms with Crippen molar-refractivity contribution < 1.29 is 9.53 Å². The van der Waals surface area contributed by atoms with Gasteiger partial charge in [-0.1, -0.05) is 17.7 Å². The number of benzene rings is 1. The number of amides is 1. The number of hydrogen-bond acceptors (Lipinski definition) is 4. The van der Waals surface area contributed by atoms with E-state index in [2.05, 4.69) is 15.3 Å². The number of methoxy groups -OCH3 is 1. The number of nitrogens with one attached hydrogen (secondary N) is 1. The lowest BCUT2D eigenvalue weighted by atomic mass is 10.1. The highest BCUT2D eigenvalue weighted by atomic mass is 16.5. The van der Waals surface area contributed by atoms with E-state index >= 15 is 0 Å². The van der Waals surface area contributed by atoms with Crippen LogP contribution in [0, 0.1) is 13.8 Å². The standard InChI is InChI=1S/C14H15N3O2/c1-9-4-5-11(10(2)6-9)17-14(18)12-7-13(19-3)16-8-15-12/h4-8H,1-3H3,(H,17,18). The molecule has 0 aliphatic carbocycles. The normalized spacial score (nSPS) is 10.1. The number of carbonyl (C=O) groups is 1. The maximum atomic E-state index is 12.1. The zero-order valence-corrected chi connectivity index (χ0v) is 11.1. The lowest BCUT2D eigenvalue weighted by Crippen LogP contribution is -2.14. The third kappa shape index (κ3) is 3.07. The SMILES string of the molecule is COc1cc(C(=O)Nc2ccc(C)cc2C)ncn1. The molecular weight excluding hydrogens is 242 g/mol. The molecule has 0 bridgehead atoms. The fraction of sp³-hybridized carbons (Fsp3) is 0.214. The van der Waals surface area contributed by atoms with Crippen molar-refractivity contribution in [1.29, 1.82) is 0 Å². The third-order valence-corrected chi connectivity index (χ3v) is 2.71. The highest BCUT2D eigenvalue weighted by Crippen LogP contribution is 2.17. The Bertz CT molecular complexity index is 611. The van der Waals surface area contributed by atoms with Crippen molar-refractivity contribution in [3.05, 3.63) is 47.4 Å². The largest absolute Gasteiger partial charge is 0.481 e. The molecule has 5 heteroatoms. The van der Waals surface area contributed by atoms with Crippen LogP contribution in [0.1, 0.15) is 21.6 Å². The first kappa shape index (κ1) is 13.0. The Kier molecular flexibility index (Phi) is 3.75. The molecule has 1 aromatic carbocycles. The van der Waals surface area contributed by atoms with Crippen molar-refractivity contribution in [3.63, 3.8) is 0 Å². The maximum absolute atomic E-state index is 12.1. The average molecular weight is 257 g/mol. The van der Waals surface area contributed by atoms with Gasteiger partial charge < -0.3 is 10.1 Å². The summed E-state index contributed by atoms with van der Waals surface area (Å²) in [6, 6.07) is 7.33. The van der Waals surface area contributed by atoms with Crippen LogP contribution >= 0.6 is 0 Å². The molecule has 0 saturated carbocycles. The second kappa shape index (κ2) is 5.48. The van der Waals surface area contributed by atoms with E-state index < -0.39 is 0 Å². The summed E-state index contributed by atoms with van der Waals surface area (Å²) in [5.41, 5.74) is 3.20. The summed E-state index contributed by atoms with van der Waals surface area (Å²) >= 11 is 0. The summed E-state index contributed by atoms with van der Waals surface area (Å²) in [7, 11) is 1.49. The van der Waals surface area contributed by atoms with Crippen LogP contribution in [0.5, 0.6) is 5.88 Å². The smallest absolute Gasteiger partial charge is 0.274 e. The number of carbonyl (C=O) groups excluding carboxylic acids is 1. The summed E-state index contributed by atoms with van der Waals surface area (Å²) < 4.78 is 4.96. The molecule has 1 amide bonds. The predicted molar refractivity (Wildman–Crippen MR) is 72.5 cm³/mol. The van der Waals surface area contributed by atoms with Gasteiger partial charge in [0.1, 0.15) is 12.0 Å². The van der Waals surface area contributed by atoms with Crippen molar-refractivity contribution in [2.24, 2.45) is 0 Å². The van der Waals surface area contributed by atoms with Gasteiger partial charge in [0.25, 0.3) is 5.91 Å². The van der Waals surface area contributed by atoms with E-state index in [0.717, 1.165) is 16.8 Å². The molecule has 0 aliphatic rings. The van der Waals surface area contributed by atoms with E-state index in [4.69, 9.17) is 4.74 Å². The first-order valence-corrected chi connectivity index (χ1v) is 5.85. The number of aromatic nitrogens is 2. The van der Waals surface area contributed by atoms with Crippen molar-refractivity contribution >= 4 is 11.6 Å². The summed E-state index contributed by atoms with van der Waals surface area (Å²) in [4.78, 5) is 19.9. The van der Waals surface area contributed by atoms with E-state index in [-0.39, 0.29) is 11.6 Å². The van der Waals surface area contributed by atoms with Gasteiger partial charge in [-0.2, -0.15) is 0 Å².